The molecule has 1 saturated heterocycles. The fourth-order valence-electron chi connectivity index (χ4n) is 3.36. The largest absolute Gasteiger partial charge is 0.390 e. The van der Waals surface area contributed by atoms with E-state index in [9.17, 15) is 5.11 Å². The van der Waals surface area contributed by atoms with Gasteiger partial charge in [-0.25, -0.2) is 0 Å². The van der Waals surface area contributed by atoms with E-state index in [2.05, 4.69) is 17.1 Å². The molecule has 0 radical (unpaired) electrons. The zero-order chi connectivity index (χ0) is 13.0. The minimum atomic E-state index is -0.406. The van der Waals surface area contributed by atoms with Gasteiger partial charge in [0.1, 0.15) is 0 Å². The van der Waals surface area contributed by atoms with Crippen molar-refractivity contribution in [3.05, 3.63) is 0 Å². The summed E-state index contributed by atoms with van der Waals surface area (Å²) in [5, 5.41) is 13.6. The van der Waals surface area contributed by atoms with Crippen LogP contribution in [0.25, 0.3) is 0 Å². The van der Waals surface area contributed by atoms with E-state index in [0.29, 0.717) is 0 Å². The van der Waals surface area contributed by atoms with Gasteiger partial charge in [0.15, 0.2) is 0 Å². The van der Waals surface area contributed by atoms with Gasteiger partial charge in [-0.1, -0.05) is 6.92 Å². The predicted molar refractivity (Wildman–Crippen MR) is 75.8 cm³/mol. The average Bonchev–Trinajstić information content (AvgIpc) is 2.37. The highest BCUT2D eigenvalue weighted by molar-refractivity contribution is 4.88. The van der Waals surface area contributed by atoms with Crippen LogP contribution in [0, 0.1) is 0 Å². The average molecular weight is 254 g/mol. The molecule has 1 aliphatic carbocycles. The molecule has 0 unspecified atom stereocenters. The quantitative estimate of drug-likeness (QED) is 0.807. The molecule has 2 rings (SSSR count). The topological polar surface area (TPSA) is 35.5 Å². The predicted octanol–water partition coefficient (Wildman–Crippen LogP) is 2.14. The number of hydrogen-bond donors (Lipinski definition) is 2. The van der Waals surface area contributed by atoms with Crippen LogP contribution in [0.15, 0.2) is 0 Å². The van der Waals surface area contributed by atoms with Crippen molar-refractivity contribution in [3.63, 3.8) is 0 Å². The van der Waals surface area contributed by atoms with Gasteiger partial charge in [0.2, 0.25) is 0 Å². The first-order valence-corrected chi connectivity index (χ1v) is 7.80. The summed E-state index contributed by atoms with van der Waals surface area (Å²) >= 11 is 0. The molecule has 0 bridgehead atoms. The molecule has 2 aliphatic rings. The van der Waals surface area contributed by atoms with Crippen LogP contribution in [-0.4, -0.2) is 47.3 Å². The lowest BCUT2D eigenvalue weighted by Crippen LogP contribution is -2.49. The van der Waals surface area contributed by atoms with E-state index < -0.39 is 5.60 Å². The molecule has 0 aromatic rings. The van der Waals surface area contributed by atoms with E-state index in [1.807, 2.05) is 6.92 Å². The van der Waals surface area contributed by atoms with Crippen LogP contribution in [0.4, 0.5) is 0 Å². The Morgan fingerprint density at radius 3 is 2.33 bits per heavy atom. The standard InChI is InChI=1S/C15H30N2O/c1-3-10-16-13-4-6-14(7-5-13)17-11-8-15(2,18)9-12-17/h13-14,16,18H,3-12H2,1-2H3. The van der Waals surface area contributed by atoms with Crippen LogP contribution in [0.5, 0.6) is 0 Å². The second kappa shape index (κ2) is 6.36. The summed E-state index contributed by atoms with van der Waals surface area (Å²) in [5.74, 6) is 0. The van der Waals surface area contributed by atoms with Gasteiger partial charge >= 0.3 is 0 Å². The van der Waals surface area contributed by atoms with Crippen molar-refractivity contribution in [2.75, 3.05) is 19.6 Å². The monoisotopic (exact) mass is 254 g/mol. The van der Waals surface area contributed by atoms with Crippen molar-refractivity contribution < 1.29 is 5.11 Å². The van der Waals surface area contributed by atoms with Crippen molar-refractivity contribution >= 4 is 0 Å². The number of piperidine rings is 1. The van der Waals surface area contributed by atoms with E-state index >= 15 is 0 Å². The van der Waals surface area contributed by atoms with Crippen LogP contribution in [-0.2, 0) is 0 Å². The Morgan fingerprint density at radius 2 is 1.78 bits per heavy atom. The fourth-order valence-corrected chi connectivity index (χ4v) is 3.36. The number of rotatable bonds is 4. The van der Waals surface area contributed by atoms with E-state index in [1.165, 1.54) is 38.6 Å². The van der Waals surface area contributed by atoms with E-state index in [0.717, 1.165) is 38.0 Å². The van der Waals surface area contributed by atoms with Crippen LogP contribution in [0.3, 0.4) is 0 Å². The van der Waals surface area contributed by atoms with Crippen molar-refractivity contribution in [3.8, 4) is 0 Å². The number of nitrogens with zero attached hydrogens (tertiary/aromatic N) is 1. The van der Waals surface area contributed by atoms with Gasteiger partial charge < -0.3 is 15.3 Å². The molecule has 106 valence electrons. The Bertz CT molecular complexity index is 237. The normalized spacial score (nSPS) is 33.5. The third kappa shape index (κ3) is 3.94. The Kier molecular flexibility index (Phi) is 5.05. The Balaban J connectivity index is 1.70. The van der Waals surface area contributed by atoms with Gasteiger partial charge in [0, 0.05) is 25.2 Å². The van der Waals surface area contributed by atoms with E-state index in [4.69, 9.17) is 0 Å². The maximum absolute atomic E-state index is 9.99. The molecule has 18 heavy (non-hydrogen) atoms. The van der Waals surface area contributed by atoms with Crippen molar-refractivity contribution in [1.29, 1.82) is 0 Å². The number of hydrogen-bond acceptors (Lipinski definition) is 3. The van der Waals surface area contributed by atoms with Gasteiger partial charge in [-0.2, -0.15) is 0 Å². The third-order valence-corrected chi connectivity index (χ3v) is 4.77. The van der Waals surface area contributed by atoms with Crippen molar-refractivity contribution in [1.82, 2.24) is 10.2 Å². The zero-order valence-electron chi connectivity index (χ0n) is 12.1. The highest BCUT2D eigenvalue weighted by Gasteiger charge is 2.32. The summed E-state index contributed by atoms with van der Waals surface area (Å²) in [6, 6.07) is 1.54. The zero-order valence-corrected chi connectivity index (χ0v) is 12.1. The van der Waals surface area contributed by atoms with Crippen LogP contribution < -0.4 is 5.32 Å². The highest BCUT2D eigenvalue weighted by atomic mass is 16.3. The second-order valence-electron chi connectivity index (χ2n) is 6.49. The molecule has 2 fully saturated rings. The maximum atomic E-state index is 9.99. The molecule has 2 N–H and O–H groups in total. The smallest absolute Gasteiger partial charge is 0.0644 e. The molecule has 0 spiro atoms. The lowest BCUT2D eigenvalue weighted by atomic mass is 9.87. The summed E-state index contributed by atoms with van der Waals surface area (Å²) in [6.45, 7) is 7.56. The molecule has 1 aliphatic heterocycles. The Labute approximate surface area is 112 Å². The van der Waals surface area contributed by atoms with Crippen molar-refractivity contribution in [2.24, 2.45) is 0 Å². The number of nitrogens with one attached hydrogen (secondary N) is 1. The number of aliphatic hydroxyl groups is 1. The SMILES string of the molecule is CCCNC1CCC(N2CCC(C)(O)CC2)CC1. The first kappa shape index (κ1) is 14.3. The van der Waals surface area contributed by atoms with Crippen LogP contribution in [0.1, 0.15) is 58.8 Å². The first-order chi connectivity index (χ1) is 8.61. The Morgan fingerprint density at radius 1 is 1.17 bits per heavy atom. The van der Waals surface area contributed by atoms with Crippen LogP contribution >= 0.6 is 0 Å². The first-order valence-electron chi connectivity index (χ1n) is 7.80. The molecular formula is C15H30N2O. The van der Waals surface area contributed by atoms with E-state index in [-0.39, 0.29) is 0 Å². The van der Waals surface area contributed by atoms with Gasteiger partial charge in [-0.3, -0.25) is 0 Å². The van der Waals surface area contributed by atoms with Crippen molar-refractivity contribution in [2.45, 2.75) is 76.5 Å². The molecule has 0 amide bonds. The summed E-state index contributed by atoms with van der Waals surface area (Å²) in [4.78, 5) is 2.62. The van der Waals surface area contributed by atoms with Crippen LogP contribution in [0.2, 0.25) is 0 Å². The maximum Gasteiger partial charge on any atom is 0.0644 e. The molecule has 0 atom stereocenters. The minimum Gasteiger partial charge on any atom is -0.390 e. The molecule has 0 aromatic heterocycles. The van der Waals surface area contributed by atoms with Gasteiger partial charge in [0.25, 0.3) is 0 Å². The minimum absolute atomic E-state index is 0.406. The van der Waals surface area contributed by atoms with E-state index in [1.54, 1.807) is 0 Å². The van der Waals surface area contributed by atoms with Gasteiger partial charge in [-0.15, -0.1) is 0 Å². The molecule has 3 nitrogen and oxygen atoms in total. The fraction of sp³-hybridized carbons (Fsp3) is 1.00. The molecule has 1 heterocycles. The second-order valence-corrected chi connectivity index (χ2v) is 6.49. The summed E-state index contributed by atoms with van der Waals surface area (Å²) in [7, 11) is 0. The summed E-state index contributed by atoms with van der Waals surface area (Å²) in [5.41, 5.74) is -0.406. The lowest BCUT2D eigenvalue weighted by Gasteiger charge is -2.42. The summed E-state index contributed by atoms with van der Waals surface area (Å²) < 4.78 is 0. The van der Waals surface area contributed by atoms with Gasteiger partial charge in [0.05, 0.1) is 5.60 Å². The Hall–Kier alpha value is -0.120. The third-order valence-electron chi connectivity index (χ3n) is 4.77. The van der Waals surface area contributed by atoms with Gasteiger partial charge in [-0.05, 0) is 58.4 Å². The molecular weight excluding hydrogens is 224 g/mol. The molecule has 0 aromatic carbocycles. The highest BCUT2D eigenvalue weighted by Crippen LogP contribution is 2.28. The molecule has 1 saturated carbocycles. The number of likely N-dealkylation sites (tertiary alicyclic amines) is 1. The summed E-state index contributed by atoms with van der Waals surface area (Å²) in [6.07, 6.45) is 8.46. The lowest BCUT2D eigenvalue weighted by molar-refractivity contribution is -0.0217. The molecule has 3 heteroatoms.